The average Bonchev–Trinajstić information content (AvgIpc) is 2.79. The predicted octanol–water partition coefficient (Wildman–Crippen LogP) is 1.69. The molecule has 2 N–H and O–H groups in total. The lowest BCUT2D eigenvalue weighted by Gasteiger charge is -2.26. The molecule has 1 heterocycles. The number of likely N-dealkylation sites (tertiary alicyclic amines) is 1. The predicted molar refractivity (Wildman–Crippen MR) is 80.0 cm³/mol. The molecule has 0 bridgehead atoms. The second kappa shape index (κ2) is 8.54. The minimum atomic E-state index is 0.288. The van der Waals surface area contributed by atoms with E-state index in [1.165, 1.54) is 19.4 Å². The van der Waals surface area contributed by atoms with Crippen molar-refractivity contribution >= 4 is 5.91 Å². The van der Waals surface area contributed by atoms with Crippen LogP contribution in [0.4, 0.5) is 0 Å². The smallest absolute Gasteiger partial charge is 0.222 e. The van der Waals surface area contributed by atoms with Gasteiger partial charge >= 0.3 is 0 Å². The molecule has 1 aliphatic heterocycles. The van der Waals surface area contributed by atoms with Gasteiger partial charge in [0, 0.05) is 26.1 Å². The van der Waals surface area contributed by atoms with Crippen molar-refractivity contribution in [2.45, 2.75) is 51.5 Å². The van der Waals surface area contributed by atoms with Gasteiger partial charge in [0.05, 0.1) is 0 Å². The largest absolute Gasteiger partial charge is 0.344 e. The Bertz CT molecular complexity index is 270. The number of nitrogens with two attached hydrogens (primary N) is 1. The first kappa shape index (κ1) is 16.4. The fraction of sp³-hybridized carbons (Fsp3) is 0.933. The van der Waals surface area contributed by atoms with E-state index < -0.39 is 0 Å². The molecule has 1 fully saturated rings. The molecule has 0 aliphatic carbocycles. The molecule has 1 amide bonds. The Labute approximate surface area is 118 Å². The van der Waals surface area contributed by atoms with Gasteiger partial charge in [-0.25, -0.2) is 0 Å². The highest BCUT2D eigenvalue weighted by Gasteiger charge is 2.23. The molecule has 1 rings (SSSR count). The van der Waals surface area contributed by atoms with Crippen LogP contribution in [0.3, 0.4) is 0 Å². The van der Waals surface area contributed by atoms with E-state index in [0.717, 1.165) is 32.4 Å². The molecule has 1 aliphatic rings. The number of hydrogen-bond acceptors (Lipinski definition) is 3. The molecule has 0 radical (unpaired) electrons. The Morgan fingerprint density at radius 1 is 1.47 bits per heavy atom. The Hall–Kier alpha value is -0.610. The lowest BCUT2D eigenvalue weighted by atomic mass is 9.96. The minimum Gasteiger partial charge on any atom is -0.344 e. The molecule has 0 aromatic rings. The second-order valence-electron chi connectivity index (χ2n) is 5.94. The van der Waals surface area contributed by atoms with Gasteiger partial charge in [-0.05, 0) is 51.7 Å². The summed E-state index contributed by atoms with van der Waals surface area (Å²) >= 11 is 0. The third-order valence-corrected chi connectivity index (χ3v) is 4.50. The molecule has 2 atom stereocenters. The van der Waals surface area contributed by atoms with Gasteiger partial charge in [0.25, 0.3) is 0 Å². The number of carbonyl (C=O) groups excluding carboxylic acids is 1. The summed E-state index contributed by atoms with van der Waals surface area (Å²) in [4.78, 5) is 16.4. The van der Waals surface area contributed by atoms with Crippen molar-refractivity contribution in [2.75, 3.05) is 33.7 Å². The highest BCUT2D eigenvalue weighted by molar-refractivity contribution is 5.75. The topological polar surface area (TPSA) is 49.6 Å². The van der Waals surface area contributed by atoms with Crippen molar-refractivity contribution in [3.8, 4) is 0 Å². The zero-order chi connectivity index (χ0) is 14.3. The molecule has 19 heavy (non-hydrogen) atoms. The molecule has 0 aromatic heterocycles. The number of amides is 1. The van der Waals surface area contributed by atoms with E-state index in [2.05, 4.69) is 18.9 Å². The molecule has 112 valence electrons. The Kier molecular flexibility index (Phi) is 7.39. The SMILES string of the molecule is CCC(CCN)CCC(=O)N(C)CC1CCCN1C. The maximum Gasteiger partial charge on any atom is 0.222 e. The first-order valence-corrected chi connectivity index (χ1v) is 7.72. The molecule has 0 saturated carbocycles. The van der Waals surface area contributed by atoms with Crippen LogP contribution >= 0.6 is 0 Å². The van der Waals surface area contributed by atoms with E-state index in [1.807, 2.05) is 11.9 Å². The summed E-state index contributed by atoms with van der Waals surface area (Å²) in [6.07, 6.45) is 6.30. The van der Waals surface area contributed by atoms with Crippen LogP contribution in [-0.4, -0.2) is 55.5 Å². The van der Waals surface area contributed by atoms with Gasteiger partial charge in [-0.3, -0.25) is 4.79 Å². The van der Waals surface area contributed by atoms with E-state index in [1.54, 1.807) is 0 Å². The zero-order valence-corrected chi connectivity index (χ0v) is 12.9. The van der Waals surface area contributed by atoms with Gasteiger partial charge in [0.2, 0.25) is 5.91 Å². The van der Waals surface area contributed by atoms with Crippen molar-refractivity contribution in [1.29, 1.82) is 0 Å². The third kappa shape index (κ3) is 5.49. The normalized spacial score (nSPS) is 21.6. The summed E-state index contributed by atoms with van der Waals surface area (Å²) in [5.74, 6) is 0.896. The zero-order valence-electron chi connectivity index (χ0n) is 12.9. The first-order valence-electron chi connectivity index (χ1n) is 7.72. The maximum absolute atomic E-state index is 12.1. The Morgan fingerprint density at radius 3 is 2.74 bits per heavy atom. The van der Waals surface area contributed by atoms with Crippen LogP contribution in [0.1, 0.15) is 45.4 Å². The number of rotatable bonds is 8. The highest BCUT2D eigenvalue weighted by Crippen LogP contribution is 2.18. The molecular formula is C15H31N3O. The van der Waals surface area contributed by atoms with Gasteiger partial charge in [0.1, 0.15) is 0 Å². The van der Waals surface area contributed by atoms with Crippen LogP contribution in [-0.2, 0) is 4.79 Å². The third-order valence-electron chi connectivity index (χ3n) is 4.50. The fourth-order valence-corrected chi connectivity index (χ4v) is 2.93. The van der Waals surface area contributed by atoms with Crippen LogP contribution in [0.2, 0.25) is 0 Å². The van der Waals surface area contributed by atoms with Crippen LogP contribution in [0.15, 0.2) is 0 Å². The summed E-state index contributed by atoms with van der Waals surface area (Å²) in [6.45, 7) is 4.96. The summed E-state index contributed by atoms with van der Waals surface area (Å²) in [5.41, 5.74) is 5.59. The van der Waals surface area contributed by atoms with Crippen LogP contribution in [0.5, 0.6) is 0 Å². The number of hydrogen-bond donors (Lipinski definition) is 1. The van der Waals surface area contributed by atoms with Crippen molar-refractivity contribution in [3.05, 3.63) is 0 Å². The highest BCUT2D eigenvalue weighted by atomic mass is 16.2. The molecule has 0 spiro atoms. The molecule has 4 heteroatoms. The van der Waals surface area contributed by atoms with E-state index in [-0.39, 0.29) is 5.91 Å². The number of nitrogens with zero attached hydrogens (tertiary/aromatic N) is 2. The van der Waals surface area contributed by atoms with Gasteiger partial charge in [-0.1, -0.05) is 13.3 Å². The van der Waals surface area contributed by atoms with Gasteiger partial charge < -0.3 is 15.5 Å². The lowest BCUT2D eigenvalue weighted by Crippen LogP contribution is -2.39. The van der Waals surface area contributed by atoms with E-state index >= 15 is 0 Å². The summed E-state index contributed by atoms with van der Waals surface area (Å²) in [5, 5.41) is 0. The lowest BCUT2D eigenvalue weighted by molar-refractivity contribution is -0.130. The van der Waals surface area contributed by atoms with Crippen molar-refractivity contribution in [2.24, 2.45) is 11.7 Å². The van der Waals surface area contributed by atoms with Crippen LogP contribution < -0.4 is 5.73 Å². The quantitative estimate of drug-likeness (QED) is 0.729. The summed E-state index contributed by atoms with van der Waals surface area (Å²) in [7, 11) is 4.10. The molecule has 1 saturated heterocycles. The molecular weight excluding hydrogens is 238 g/mol. The number of likely N-dealkylation sites (N-methyl/N-ethyl adjacent to an activating group) is 2. The van der Waals surface area contributed by atoms with Gasteiger partial charge in [-0.2, -0.15) is 0 Å². The second-order valence-corrected chi connectivity index (χ2v) is 5.94. The van der Waals surface area contributed by atoms with Crippen molar-refractivity contribution in [1.82, 2.24) is 9.80 Å². The molecule has 4 nitrogen and oxygen atoms in total. The summed E-state index contributed by atoms with van der Waals surface area (Å²) < 4.78 is 0. The van der Waals surface area contributed by atoms with Gasteiger partial charge in [0.15, 0.2) is 0 Å². The van der Waals surface area contributed by atoms with Crippen molar-refractivity contribution < 1.29 is 4.79 Å². The molecule has 2 unspecified atom stereocenters. The standard InChI is InChI=1S/C15H31N3O/c1-4-13(9-10-16)7-8-15(19)18(3)12-14-6-5-11-17(14)2/h13-14H,4-12,16H2,1-3H3. The van der Waals surface area contributed by atoms with Crippen LogP contribution in [0.25, 0.3) is 0 Å². The monoisotopic (exact) mass is 269 g/mol. The van der Waals surface area contributed by atoms with Crippen molar-refractivity contribution in [3.63, 3.8) is 0 Å². The Balaban J connectivity index is 2.27. The average molecular weight is 269 g/mol. The first-order chi connectivity index (χ1) is 9.08. The van der Waals surface area contributed by atoms with E-state index in [0.29, 0.717) is 18.4 Å². The van der Waals surface area contributed by atoms with E-state index in [9.17, 15) is 4.79 Å². The fourth-order valence-electron chi connectivity index (χ4n) is 2.93. The summed E-state index contributed by atoms with van der Waals surface area (Å²) in [6, 6.07) is 0.556. The Morgan fingerprint density at radius 2 is 2.21 bits per heavy atom. The van der Waals surface area contributed by atoms with Crippen LogP contribution in [0, 0.1) is 5.92 Å². The number of carbonyl (C=O) groups is 1. The van der Waals surface area contributed by atoms with Gasteiger partial charge in [-0.15, -0.1) is 0 Å². The maximum atomic E-state index is 12.1. The minimum absolute atomic E-state index is 0.288. The molecule has 0 aromatic carbocycles. The van der Waals surface area contributed by atoms with E-state index in [4.69, 9.17) is 5.73 Å².